The highest BCUT2D eigenvalue weighted by Crippen LogP contribution is 2.28. The van der Waals surface area contributed by atoms with Gasteiger partial charge >= 0.3 is 11.7 Å². The van der Waals surface area contributed by atoms with E-state index >= 15 is 0 Å². The second-order valence-corrected chi connectivity index (χ2v) is 5.86. The first kappa shape index (κ1) is 12.3. The first-order chi connectivity index (χ1) is 9.16. The van der Waals surface area contributed by atoms with Gasteiger partial charge in [-0.05, 0) is 36.8 Å². The Morgan fingerprint density at radius 3 is 3.00 bits per heavy atom. The van der Waals surface area contributed by atoms with Crippen LogP contribution in [0.3, 0.4) is 0 Å². The Labute approximate surface area is 113 Å². The normalized spacial score (nSPS) is 19.7. The van der Waals surface area contributed by atoms with E-state index in [1.165, 1.54) is 6.07 Å². The maximum atomic E-state index is 12.1. The molecule has 1 aliphatic heterocycles. The second-order valence-electron chi connectivity index (χ2n) is 4.71. The lowest BCUT2D eigenvalue weighted by molar-refractivity contribution is 0.0697. The van der Waals surface area contributed by atoms with Crippen LogP contribution in [0, 0.1) is 0 Å². The van der Waals surface area contributed by atoms with Crippen molar-refractivity contribution in [1.82, 2.24) is 9.55 Å². The predicted molar refractivity (Wildman–Crippen MR) is 75.1 cm³/mol. The number of rotatable bonds is 2. The zero-order valence-corrected chi connectivity index (χ0v) is 11.1. The highest BCUT2D eigenvalue weighted by atomic mass is 32.2. The number of hydrogen-bond donors (Lipinski definition) is 2. The first-order valence-corrected chi connectivity index (χ1v) is 7.37. The number of H-pyrrole nitrogens is 1. The number of imidazole rings is 1. The number of nitrogens with zero attached hydrogens (tertiary/aromatic N) is 1. The standard InChI is InChI=1S/C13H14N2O3S/c16-12(17)8-3-4-11-10(6-8)14-13(18)15(11)9-2-1-5-19-7-9/h3-4,6,9H,1-2,5,7H2,(H,14,18)(H,16,17). The molecule has 19 heavy (non-hydrogen) atoms. The Morgan fingerprint density at radius 2 is 2.32 bits per heavy atom. The number of carboxylic acids is 1. The van der Waals surface area contributed by atoms with E-state index in [4.69, 9.17) is 5.11 Å². The van der Waals surface area contributed by atoms with Gasteiger partial charge in [0.25, 0.3) is 0 Å². The van der Waals surface area contributed by atoms with Gasteiger partial charge in [0.1, 0.15) is 0 Å². The van der Waals surface area contributed by atoms with Crippen molar-refractivity contribution in [1.29, 1.82) is 0 Å². The quantitative estimate of drug-likeness (QED) is 0.882. The van der Waals surface area contributed by atoms with Crippen LogP contribution in [-0.4, -0.2) is 32.1 Å². The Bertz CT molecular complexity index is 683. The molecule has 0 saturated carbocycles. The maximum absolute atomic E-state index is 12.1. The van der Waals surface area contributed by atoms with Crippen LogP contribution in [0.2, 0.25) is 0 Å². The summed E-state index contributed by atoms with van der Waals surface area (Å²) in [6.07, 6.45) is 2.11. The van der Waals surface area contributed by atoms with Crippen LogP contribution in [0.1, 0.15) is 29.2 Å². The number of hydrogen-bond acceptors (Lipinski definition) is 3. The van der Waals surface area contributed by atoms with Crippen LogP contribution in [0.15, 0.2) is 23.0 Å². The molecule has 1 saturated heterocycles. The Morgan fingerprint density at radius 1 is 1.47 bits per heavy atom. The lowest BCUT2D eigenvalue weighted by Crippen LogP contribution is -2.25. The van der Waals surface area contributed by atoms with Crippen LogP contribution < -0.4 is 5.69 Å². The van der Waals surface area contributed by atoms with Crippen LogP contribution in [0.5, 0.6) is 0 Å². The fourth-order valence-corrected chi connectivity index (χ4v) is 3.68. The van der Waals surface area contributed by atoms with Gasteiger partial charge in [-0.1, -0.05) is 0 Å². The summed E-state index contributed by atoms with van der Waals surface area (Å²) in [5.41, 5.74) is 1.44. The number of carbonyl (C=O) groups is 1. The molecule has 6 heteroatoms. The van der Waals surface area contributed by atoms with Gasteiger partial charge in [0.15, 0.2) is 0 Å². The smallest absolute Gasteiger partial charge is 0.335 e. The van der Waals surface area contributed by atoms with Crippen molar-refractivity contribution in [2.75, 3.05) is 11.5 Å². The van der Waals surface area contributed by atoms with Crippen LogP contribution >= 0.6 is 11.8 Å². The molecule has 2 aromatic rings. The first-order valence-electron chi connectivity index (χ1n) is 6.22. The van der Waals surface area contributed by atoms with Gasteiger partial charge in [0.2, 0.25) is 0 Å². The summed E-state index contributed by atoms with van der Waals surface area (Å²) in [5, 5.41) is 8.97. The molecule has 0 bridgehead atoms. The van der Waals surface area contributed by atoms with Crippen molar-refractivity contribution in [2.24, 2.45) is 0 Å². The number of aromatic nitrogens is 2. The third-order valence-electron chi connectivity index (χ3n) is 3.46. The minimum Gasteiger partial charge on any atom is -0.478 e. The molecule has 1 aliphatic rings. The van der Waals surface area contributed by atoms with Crippen molar-refractivity contribution in [3.05, 3.63) is 34.2 Å². The molecule has 5 nitrogen and oxygen atoms in total. The van der Waals surface area contributed by atoms with Crippen LogP contribution in [-0.2, 0) is 0 Å². The largest absolute Gasteiger partial charge is 0.478 e. The third kappa shape index (κ3) is 2.16. The Balaban J connectivity index is 2.11. The highest BCUT2D eigenvalue weighted by molar-refractivity contribution is 7.99. The van der Waals surface area contributed by atoms with E-state index in [9.17, 15) is 9.59 Å². The number of carboxylic acid groups (broad SMARTS) is 1. The minimum absolute atomic E-state index is 0.148. The zero-order chi connectivity index (χ0) is 13.4. The number of benzene rings is 1. The number of nitrogens with one attached hydrogen (secondary N) is 1. The molecule has 2 N–H and O–H groups in total. The van der Waals surface area contributed by atoms with E-state index in [1.54, 1.807) is 16.7 Å². The van der Waals surface area contributed by atoms with Gasteiger partial charge in [-0.25, -0.2) is 9.59 Å². The molecular formula is C13H14N2O3S. The summed E-state index contributed by atoms with van der Waals surface area (Å²) in [6, 6.07) is 4.99. The number of aromatic carboxylic acids is 1. The molecule has 0 aliphatic carbocycles. The summed E-state index contributed by atoms with van der Waals surface area (Å²) in [6.45, 7) is 0. The molecule has 1 aromatic heterocycles. The Hall–Kier alpha value is -1.69. The number of fused-ring (bicyclic) bond motifs is 1. The van der Waals surface area contributed by atoms with Crippen molar-refractivity contribution >= 4 is 28.8 Å². The van der Waals surface area contributed by atoms with E-state index in [-0.39, 0.29) is 17.3 Å². The summed E-state index contributed by atoms with van der Waals surface area (Å²) < 4.78 is 1.77. The van der Waals surface area contributed by atoms with Gasteiger partial charge < -0.3 is 10.1 Å². The molecular weight excluding hydrogens is 264 g/mol. The molecule has 1 fully saturated rings. The van der Waals surface area contributed by atoms with E-state index in [2.05, 4.69) is 4.98 Å². The van der Waals surface area contributed by atoms with Gasteiger partial charge in [-0.15, -0.1) is 0 Å². The van der Waals surface area contributed by atoms with E-state index in [0.29, 0.717) is 5.52 Å². The number of aromatic amines is 1. The summed E-state index contributed by atoms with van der Waals surface area (Å²) >= 11 is 1.86. The SMILES string of the molecule is O=C(O)c1ccc2c(c1)[nH]c(=O)n2C1CCCSC1. The van der Waals surface area contributed by atoms with Crippen molar-refractivity contribution in [3.8, 4) is 0 Å². The van der Waals surface area contributed by atoms with Crippen molar-refractivity contribution in [2.45, 2.75) is 18.9 Å². The molecule has 3 rings (SSSR count). The summed E-state index contributed by atoms with van der Waals surface area (Å²) in [4.78, 5) is 25.8. The van der Waals surface area contributed by atoms with Crippen LogP contribution in [0.4, 0.5) is 0 Å². The maximum Gasteiger partial charge on any atom is 0.335 e. The average molecular weight is 278 g/mol. The Kier molecular flexibility index (Phi) is 3.10. The van der Waals surface area contributed by atoms with Gasteiger partial charge in [0, 0.05) is 11.8 Å². The highest BCUT2D eigenvalue weighted by Gasteiger charge is 2.20. The molecule has 0 spiro atoms. The zero-order valence-electron chi connectivity index (χ0n) is 10.3. The van der Waals surface area contributed by atoms with Gasteiger partial charge in [-0.2, -0.15) is 11.8 Å². The lowest BCUT2D eigenvalue weighted by Gasteiger charge is -2.22. The molecule has 0 amide bonds. The van der Waals surface area contributed by atoms with Crippen LogP contribution in [0.25, 0.3) is 11.0 Å². The van der Waals surface area contributed by atoms with Gasteiger partial charge in [-0.3, -0.25) is 4.57 Å². The van der Waals surface area contributed by atoms with Gasteiger partial charge in [0.05, 0.1) is 16.6 Å². The van der Waals surface area contributed by atoms with E-state index in [1.807, 2.05) is 11.8 Å². The van der Waals surface area contributed by atoms with E-state index in [0.717, 1.165) is 29.9 Å². The second kappa shape index (κ2) is 4.77. The fraction of sp³-hybridized carbons (Fsp3) is 0.385. The molecule has 1 aromatic carbocycles. The minimum atomic E-state index is -0.983. The topological polar surface area (TPSA) is 75.1 Å². The molecule has 0 radical (unpaired) electrons. The predicted octanol–water partition coefficient (Wildman–Crippen LogP) is 2.10. The van der Waals surface area contributed by atoms with E-state index < -0.39 is 5.97 Å². The molecule has 100 valence electrons. The summed E-state index contributed by atoms with van der Waals surface area (Å²) in [5.74, 6) is 1.10. The van der Waals surface area contributed by atoms with Crippen molar-refractivity contribution in [3.63, 3.8) is 0 Å². The van der Waals surface area contributed by atoms with Crippen molar-refractivity contribution < 1.29 is 9.90 Å². The monoisotopic (exact) mass is 278 g/mol. The summed E-state index contributed by atoms with van der Waals surface area (Å²) in [7, 11) is 0. The molecule has 1 atom stereocenters. The fourth-order valence-electron chi connectivity index (χ4n) is 2.55. The molecule has 1 unspecified atom stereocenters. The molecule has 2 heterocycles. The third-order valence-corrected chi connectivity index (χ3v) is 4.66. The number of thioether (sulfide) groups is 1. The lowest BCUT2D eigenvalue weighted by atomic mass is 10.1. The average Bonchev–Trinajstić information content (AvgIpc) is 2.74.